The van der Waals surface area contributed by atoms with Gasteiger partial charge in [-0.1, -0.05) is 30.3 Å². The van der Waals surface area contributed by atoms with E-state index in [4.69, 9.17) is 4.74 Å². The van der Waals surface area contributed by atoms with E-state index >= 15 is 0 Å². The summed E-state index contributed by atoms with van der Waals surface area (Å²) in [5, 5.41) is 3.42. The van der Waals surface area contributed by atoms with Gasteiger partial charge in [-0.2, -0.15) is 0 Å². The minimum Gasteiger partial charge on any atom is -0.497 e. The van der Waals surface area contributed by atoms with Gasteiger partial charge in [0.25, 0.3) is 0 Å². The second kappa shape index (κ2) is 9.28. The van der Waals surface area contributed by atoms with Crippen molar-refractivity contribution in [2.24, 2.45) is 0 Å². The Morgan fingerprint density at radius 3 is 2.48 bits per heavy atom. The molecule has 150 valence electrons. The fraction of sp³-hybridized carbons (Fsp3) is 0.304. The number of nitrogens with one attached hydrogen (secondary N) is 1. The molecule has 2 heterocycles. The first-order valence-corrected chi connectivity index (χ1v) is 10.1. The predicted octanol–water partition coefficient (Wildman–Crippen LogP) is 3.47. The van der Waals surface area contributed by atoms with Gasteiger partial charge in [-0.15, -0.1) is 0 Å². The molecule has 0 spiro atoms. The minimum absolute atomic E-state index is 0.811. The summed E-state index contributed by atoms with van der Waals surface area (Å²) in [5.74, 6) is 2.74. The molecular weight excluding hydrogens is 362 g/mol. The van der Waals surface area contributed by atoms with E-state index in [9.17, 15) is 0 Å². The number of para-hydroxylation sites is 1. The lowest BCUT2D eigenvalue weighted by Gasteiger charge is -2.36. The predicted molar refractivity (Wildman–Crippen MR) is 118 cm³/mol. The number of anilines is 3. The standard InChI is InChI=1S/C23H27N5O/c1-29-21-9-5-6-19(16-21)10-11-24-22-17-23(26-18-25-22)28-14-12-27(13-15-28)20-7-3-2-4-8-20/h2-9,16-18H,10-15H2,1H3,(H,24,25,26). The van der Waals surface area contributed by atoms with Gasteiger partial charge < -0.3 is 19.9 Å². The SMILES string of the molecule is COc1cccc(CCNc2cc(N3CCN(c4ccccc4)CC3)ncn2)c1. The maximum atomic E-state index is 5.29. The van der Waals surface area contributed by atoms with Gasteiger partial charge in [0.1, 0.15) is 23.7 Å². The molecule has 0 saturated carbocycles. The van der Waals surface area contributed by atoms with Crippen LogP contribution in [0.5, 0.6) is 5.75 Å². The summed E-state index contributed by atoms with van der Waals surface area (Å²) in [6, 6.07) is 20.8. The van der Waals surface area contributed by atoms with Gasteiger partial charge in [0.2, 0.25) is 0 Å². The summed E-state index contributed by atoms with van der Waals surface area (Å²) in [4.78, 5) is 13.6. The van der Waals surface area contributed by atoms with Crippen LogP contribution in [0.1, 0.15) is 5.56 Å². The maximum absolute atomic E-state index is 5.29. The molecule has 6 nitrogen and oxygen atoms in total. The number of aromatic nitrogens is 2. The Kier molecular flexibility index (Phi) is 6.10. The zero-order valence-electron chi connectivity index (χ0n) is 16.8. The Hall–Kier alpha value is -3.28. The highest BCUT2D eigenvalue weighted by Gasteiger charge is 2.18. The molecule has 1 fully saturated rings. The summed E-state index contributed by atoms with van der Waals surface area (Å²) in [7, 11) is 1.69. The van der Waals surface area contributed by atoms with E-state index in [2.05, 4.69) is 67.5 Å². The van der Waals surface area contributed by atoms with Gasteiger partial charge in [-0.05, 0) is 36.2 Å². The van der Waals surface area contributed by atoms with Crippen molar-refractivity contribution >= 4 is 17.3 Å². The van der Waals surface area contributed by atoms with Gasteiger partial charge in [0.15, 0.2) is 0 Å². The summed E-state index contributed by atoms with van der Waals surface area (Å²) >= 11 is 0. The molecule has 1 aliphatic heterocycles. The largest absolute Gasteiger partial charge is 0.497 e. The highest BCUT2D eigenvalue weighted by atomic mass is 16.5. The van der Waals surface area contributed by atoms with E-state index in [0.717, 1.165) is 56.5 Å². The normalized spacial score (nSPS) is 14.0. The number of ether oxygens (including phenoxy) is 1. The number of hydrogen-bond acceptors (Lipinski definition) is 6. The van der Waals surface area contributed by atoms with Gasteiger partial charge in [0.05, 0.1) is 7.11 Å². The lowest BCUT2D eigenvalue weighted by Crippen LogP contribution is -2.46. The van der Waals surface area contributed by atoms with Crippen molar-refractivity contribution in [2.75, 3.05) is 55.0 Å². The molecule has 6 heteroatoms. The third-order valence-electron chi connectivity index (χ3n) is 5.23. The van der Waals surface area contributed by atoms with Crippen LogP contribution in [-0.4, -0.2) is 49.8 Å². The fourth-order valence-corrected chi connectivity index (χ4v) is 3.61. The van der Waals surface area contributed by atoms with E-state index in [1.54, 1.807) is 13.4 Å². The first-order chi connectivity index (χ1) is 14.3. The number of hydrogen-bond donors (Lipinski definition) is 1. The van der Waals surface area contributed by atoms with Crippen LogP contribution in [0.2, 0.25) is 0 Å². The first kappa shape index (κ1) is 19.1. The Morgan fingerprint density at radius 2 is 1.69 bits per heavy atom. The molecule has 0 aliphatic carbocycles. The second-order valence-electron chi connectivity index (χ2n) is 7.10. The number of piperazine rings is 1. The van der Waals surface area contributed by atoms with Crippen molar-refractivity contribution in [3.63, 3.8) is 0 Å². The van der Waals surface area contributed by atoms with Crippen LogP contribution in [0.25, 0.3) is 0 Å². The number of rotatable bonds is 7. The van der Waals surface area contributed by atoms with Crippen molar-refractivity contribution in [3.8, 4) is 5.75 Å². The van der Waals surface area contributed by atoms with Crippen molar-refractivity contribution in [1.29, 1.82) is 0 Å². The molecular formula is C23H27N5O. The monoisotopic (exact) mass is 389 g/mol. The molecule has 1 saturated heterocycles. The fourth-order valence-electron chi connectivity index (χ4n) is 3.61. The minimum atomic E-state index is 0.811. The molecule has 0 radical (unpaired) electrons. The van der Waals surface area contributed by atoms with Crippen LogP contribution in [-0.2, 0) is 6.42 Å². The van der Waals surface area contributed by atoms with Gasteiger partial charge >= 0.3 is 0 Å². The van der Waals surface area contributed by atoms with Crippen molar-refractivity contribution in [2.45, 2.75) is 6.42 Å². The Balaban J connectivity index is 1.31. The molecule has 29 heavy (non-hydrogen) atoms. The molecule has 1 aromatic heterocycles. The van der Waals surface area contributed by atoms with Gasteiger partial charge in [-0.25, -0.2) is 9.97 Å². The molecule has 1 aliphatic rings. The van der Waals surface area contributed by atoms with Crippen LogP contribution in [0.4, 0.5) is 17.3 Å². The average molecular weight is 390 g/mol. The van der Waals surface area contributed by atoms with Crippen LogP contribution < -0.4 is 19.9 Å². The molecule has 2 aromatic carbocycles. The van der Waals surface area contributed by atoms with Crippen LogP contribution in [0.3, 0.4) is 0 Å². The summed E-state index contributed by atoms with van der Waals surface area (Å²) in [6.07, 6.45) is 2.55. The summed E-state index contributed by atoms with van der Waals surface area (Å²) in [5.41, 5.74) is 2.53. The smallest absolute Gasteiger partial charge is 0.134 e. The zero-order chi connectivity index (χ0) is 19.9. The quantitative estimate of drug-likeness (QED) is 0.668. The Labute approximate surface area is 172 Å². The highest BCUT2D eigenvalue weighted by Crippen LogP contribution is 2.20. The van der Waals surface area contributed by atoms with Gasteiger partial charge in [-0.3, -0.25) is 0 Å². The third kappa shape index (κ3) is 4.96. The van der Waals surface area contributed by atoms with Crippen molar-refractivity contribution < 1.29 is 4.74 Å². The Bertz CT molecular complexity index is 910. The molecule has 0 amide bonds. The maximum Gasteiger partial charge on any atom is 0.134 e. The first-order valence-electron chi connectivity index (χ1n) is 10.1. The van der Waals surface area contributed by atoms with Crippen LogP contribution in [0, 0.1) is 0 Å². The molecule has 0 atom stereocenters. The topological polar surface area (TPSA) is 53.5 Å². The van der Waals surface area contributed by atoms with Crippen molar-refractivity contribution in [1.82, 2.24) is 9.97 Å². The van der Waals surface area contributed by atoms with E-state index in [-0.39, 0.29) is 0 Å². The number of nitrogens with zero attached hydrogens (tertiary/aromatic N) is 4. The Morgan fingerprint density at radius 1 is 0.897 bits per heavy atom. The summed E-state index contributed by atoms with van der Waals surface area (Å²) in [6.45, 7) is 4.70. The number of methoxy groups -OCH3 is 1. The summed E-state index contributed by atoms with van der Waals surface area (Å²) < 4.78 is 5.29. The van der Waals surface area contributed by atoms with Crippen LogP contribution >= 0.6 is 0 Å². The van der Waals surface area contributed by atoms with E-state index in [0.29, 0.717) is 0 Å². The third-order valence-corrected chi connectivity index (χ3v) is 5.23. The number of benzene rings is 2. The molecule has 0 unspecified atom stereocenters. The zero-order valence-corrected chi connectivity index (χ0v) is 16.8. The van der Waals surface area contributed by atoms with Crippen LogP contribution in [0.15, 0.2) is 67.0 Å². The van der Waals surface area contributed by atoms with E-state index < -0.39 is 0 Å². The second-order valence-corrected chi connectivity index (χ2v) is 7.10. The molecule has 3 aromatic rings. The molecule has 4 rings (SSSR count). The average Bonchev–Trinajstić information content (AvgIpc) is 2.80. The molecule has 1 N–H and O–H groups in total. The lowest BCUT2D eigenvalue weighted by atomic mass is 10.1. The van der Waals surface area contributed by atoms with E-state index in [1.165, 1.54) is 11.3 Å². The highest BCUT2D eigenvalue weighted by molar-refractivity contribution is 5.52. The van der Waals surface area contributed by atoms with Gasteiger partial charge in [0, 0.05) is 44.5 Å². The van der Waals surface area contributed by atoms with Crippen molar-refractivity contribution in [3.05, 3.63) is 72.6 Å². The van der Waals surface area contributed by atoms with E-state index in [1.807, 2.05) is 18.2 Å². The lowest BCUT2D eigenvalue weighted by molar-refractivity contribution is 0.414. The molecule has 0 bridgehead atoms.